The first-order chi connectivity index (χ1) is 10.2. The van der Waals surface area contributed by atoms with Crippen LogP contribution in [0.3, 0.4) is 0 Å². The molecule has 0 saturated carbocycles. The van der Waals surface area contributed by atoms with E-state index in [1.807, 2.05) is 0 Å². The first-order valence-electron chi connectivity index (χ1n) is 7.15. The van der Waals surface area contributed by atoms with Crippen LogP contribution in [0.25, 0.3) is 0 Å². The molecule has 0 aromatic heterocycles. The van der Waals surface area contributed by atoms with Crippen LogP contribution < -0.4 is 10.6 Å². The van der Waals surface area contributed by atoms with Crippen LogP contribution in [0, 0.1) is 5.41 Å². The van der Waals surface area contributed by atoms with Gasteiger partial charge in [0.25, 0.3) is 5.91 Å². The maximum absolute atomic E-state index is 12.3. The molecule has 0 fully saturated rings. The third-order valence-electron chi connectivity index (χ3n) is 3.65. The summed E-state index contributed by atoms with van der Waals surface area (Å²) in [4.78, 5) is 34.9. The molecule has 1 heterocycles. The lowest BCUT2D eigenvalue weighted by atomic mass is 9.86. The minimum Gasteiger partial charge on any atom is -0.480 e. The Balaban J connectivity index is 2.20. The molecule has 1 aliphatic heterocycles. The standard InChI is InChI=1S/C16H20N2O4/c1-16(2,3)13(15(21)22)18-14(20)10-4-6-11-9(8-10)5-7-12(19)17-11/h4,6,8,13H,5,7H2,1-3H3,(H,17,19)(H,18,20)(H,21,22)/t13-/m1/s1. The van der Waals surface area contributed by atoms with Crippen molar-refractivity contribution in [2.24, 2.45) is 5.41 Å². The number of aryl methyl sites for hydroxylation is 1. The van der Waals surface area contributed by atoms with Crippen molar-refractivity contribution >= 4 is 23.5 Å². The summed E-state index contributed by atoms with van der Waals surface area (Å²) in [6, 6.07) is 3.98. The lowest BCUT2D eigenvalue weighted by Crippen LogP contribution is -2.49. The number of anilines is 1. The fraction of sp³-hybridized carbons (Fsp3) is 0.438. The summed E-state index contributed by atoms with van der Waals surface area (Å²) in [5.74, 6) is -1.53. The molecule has 0 bridgehead atoms. The van der Waals surface area contributed by atoms with E-state index in [0.29, 0.717) is 24.1 Å². The number of benzene rings is 1. The number of nitrogens with one attached hydrogen (secondary N) is 2. The minimum absolute atomic E-state index is 0.0385. The van der Waals surface area contributed by atoms with Crippen LogP contribution in [-0.2, 0) is 16.0 Å². The van der Waals surface area contributed by atoms with Crippen molar-refractivity contribution in [2.75, 3.05) is 5.32 Å². The van der Waals surface area contributed by atoms with Gasteiger partial charge in [0, 0.05) is 17.7 Å². The van der Waals surface area contributed by atoms with Crippen LogP contribution in [0.15, 0.2) is 18.2 Å². The zero-order valence-corrected chi connectivity index (χ0v) is 12.9. The fourth-order valence-corrected chi connectivity index (χ4v) is 2.39. The number of hydrogen-bond acceptors (Lipinski definition) is 3. The monoisotopic (exact) mass is 304 g/mol. The van der Waals surface area contributed by atoms with Crippen molar-refractivity contribution in [1.29, 1.82) is 0 Å². The summed E-state index contributed by atoms with van der Waals surface area (Å²) >= 11 is 0. The highest BCUT2D eigenvalue weighted by atomic mass is 16.4. The topological polar surface area (TPSA) is 95.5 Å². The molecule has 1 aliphatic rings. The van der Waals surface area contributed by atoms with Gasteiger partial charge in [-0.3, -0.25) is 9.59 Å². The average molecular weight is 304 g/mol. The summed E-state index contributed by atoms with van der Waals surface area (Å²) in [5.41, 5.74) is 1.39. The predicted molar refractivity (Wildman–Crippen MR) is 81.7 cm³/mol. The van der Waals surface area contributed by atoms with Gasteiger partial charge < -0.3 is 15.7 Å². The largest absolute Gasteiger partial charge is 0.480 e. The molecule has 3 N–H and O–H groups in total. The number of carbonyl (C=O) groups excluding carboxylic acids is 2. The van der Waals surface area contributed by atoms with Gasteiger partial charge in [0.05, 0.1) is 0 Å². The van der Waals surface area contributed by atoms with E-state index in [9.17, 15) is 19.5 Å². The lowest BCUT2D eigenvalue weighted by Gasteiger charge is -2.28. The van der Waals surface area contributed by atoms with Gasteiger partial charge in [-0.25, -0.2) is 4.79 Å². The van der Waals surface area contributed by atoms with Gasteiger partial charge in [-0.15, -0.1) is 0 Å². The molecule has 2 amide bonds. The van der Waals surface area contributed by atoms with Crippen LogP contribution in [0.5, 0.6) is 0 Å². The number of fused-ring (bicyclic) bond motifs is 1. The Morgan fingerprint density at radius 2 is 1.95 bits per heavy atom. The second-order valence-corrected chi connectivity index (χ2v) is 6.53. The van der Waals surface area contributed by atoms with Gasteiger partial charge >= 0.3 is 5.97 Å². The van der Waals surface area contributed by atoms with Crippen molar-refractivity contribution in [3.05, 3.63) is 29.3 Å². The van der Waals surface area contributed by atoms with Gasteiger partial charge in [0.2, 0.25) is 5.91 Å². The van der Waals surface area contributed by atoms with E-state index in [2.05, 4.69) is 10.6 Å². The molecular formula is C16H20N2O4. The van der Waals surface area contributed by atoms with E-state index in [1.165, 1.54) is 0 Å². The zero-order chi connectivity index (χ0) is 16.5. The summed E-state index contributed by atoms with van der Waals surface area (Å²) < 4.78 is 0. The molecule has 1 atom stereocenters. The molecule has 1 aromatic carbocycles. The quantitative estimate of drug-likeness (QED) is 0.793. The summed E-state index contributed by atoms with van der Waals surface area (Å²) in [6.45, 7) is 5.28. The van der Waals surface area contributed by atoms with E-state index < -0.39 is 23.3 Å². The molecule has 1 aromatic rings. The molecular weight excluding hydrogens is 284 g/mol. The Hall–Kier alpha value is -2.37. The highest BCUT2D eigenvalue weighted by Gasteiger charge is 2.33. The van der Waals surface area contributed by atoms with Crippen LogP contribution in [0.2, 0.25) is 0 Å². The Labute approximate surface area is 128 Å². The highest BCUT2D eigenvalue weighted by Crippen LogP contribution is 2.24. The van der Waals surface area contributed by atoms with Gasteiger partial charge in [-0.1, -0.05) is 20.8 Å². The minimum atomic E-state index is -1.06. The van der Waals surface area contributed by atoms with Crippen molar-refractivity contribution in [2.45, 2.75) is 39.7 Å². The van der Waals surface area contributed by atoms with E-state index in [1.54, 1.807) is 39.0 Å². The Bertz CT molecular complexity index is 632. The number of carboxylic acids is 1. The summed E-state index contributed by atoms with van der Waals surface area (Å²) in [5, 5.41) is 14.6. The second-order valence-electron chi connectivity index (χ2n) is 6.53. The number of amides is 2. The Kier molecular flexibility index (Phi) is 4.21. The predicted octanol–water partition coefficient (Wildman–Crippen LogP) is 1.80. The van der Waals surface area contributed by atoms with Gasteiger partial charge in [-0.05, 0) is 35.6 Å². The van der Waals surface area contributed by atoms with Crippen molar-refractivity contribution in [3.8, 4) is 0 Å². The summed E-state index contributed by atoms with van der Waals surface area (Å²) in [7, 11) is 0. The van der Waals surface area contributed by atoms with Gasteiger partial charge in [0.15, 0.2) is 0 Å². The van der Waals surface area contributed by atoms with Crippen LogP contribution in [-0.4, -0.2) is 28.9 Å². The SMILES string of the molecule is CC(C)(C)[C@H](NC(=O)c1ccc2c(c1)CCC(=O)N2)C(=O)O. The normalized spacial score (nSPS) is 15.5. The zero-order valence-electron chi connectivity index (χ0n) is 12.9. The number of rotatable bonds is 3. The molecule has 0 aliphatic carbocycles. The van der Waals surface area contributed by atoms with Crippen LogP contribution >= 0.6 is 0 Å². The number of carboxylic acid groups (broad SMARTS) is 1. The van der Waals surface area contributed by atoms with Crippen LogP contribution in [0.1, 0.15) is 43.1 Å². The molecule has 118 valence electrons. The maximum atomic E-state index is 12.3. The number of hydrogen-bond donors (Lipinski definition) is 3. The molecule has 6 nitrogen and oxygen atoms in total. The fourth-order valence-electron chi connectivity index (χ4n) is 2.39. The number of carbonyl (C=O) groups is 3. The first kappa shape index (κ1) is 16.0. The smallest absolute Gasteiger partial charge is 0.326 e. The third kappa shape index (κ3) is 3.44. The Morgan fingerprint density at radius 3 is 2.55 bits per heavy atom. The van der Waals surface area contributed by atoms with E-state index in [-0.39, 0.29) is 5.91 Å². The van der Waals surface area contributed by atoms with Crippen LogP contribution in [0.4, 0.5) is 5.69 Å². The molecule has 6 heteroatoms. The molecule has 22 heavy (non-hydrogen) atoms. The molecule has 2 rings (SSSR count). The van der Waals surface area contributed by atoms with Crippen molar-refractivity contribution in [1.82, 2.24) is 5.32 Å². The van der Waals surface area contributed by atoms with Crippen molar-refractivity contribution < 1.29 is 19.5 Å². The van der Waals surface area contributed by atoms with E-state index in [4.69, 9.17) is 0 Å². The van der Waals surface area contributed by atoms with Gasteiger partial charge in [-0.2, -0.15) is 0 Å². The van der Waals surface area contributed by atoms with Crippen molar-refractivity contribution in [3.63, 3.8) is 0 Å². The Morgan fingerprint density at radius 1 is 1.27 bits per heavy atom. The van der Waals surface area contributed by atoms with E-state index in [0.717, 1.165) is 5.56 Å². The second kappa shape index (κ2) is 5.79. The maximum Gasteiger partial charge on any atom is 0.326 e. The molecule has 0 unspecified atom stereocenters. The van der Waals surface area contributed by atoms with E-state index >= 15 is 0 Å². The highest BCUT2D eigenvalue weighted by molar-refractivity contribution is 5.99. The molecule has 0 saturated heterocycles. The molecule has 0 spiro atoms. The molecule has 0 radical (unpaired) electrons. The van der Waals surface area contributed by atoms with Gasteiger partial charge in [0.1, 0.15) is 6.04 Å². The lowest BCUT2D eigenvalue weighted by molar-refractivity contribution is -0.142. The average Bonchev–Trinajstić information content (AvgIpc) is 2.42. The third-order valence-corrected chi connectivity index (χ3v) is 3.65. The summed E-state index contributed by atoms with van der Waals surface area (Å²) in [6.07, 6.45) is 0.960. The number of aliphatic carboxylic acids is 1. The first-order valence-corrected chi connectivity index (χ1v) is 7.15.